The molecule has 1 aromatic heterocycles. The number of nitrogens with zero attached hydrogens (tertiary/aromatic N) is 1. The standard InChI is InChI=1S/C22H15ClN2O4S/c1-28-16-7-5-15(6-8-16)25-21(27)18(20(26)24-22(25)30)12-17-9-10-19(29-17)13-3-2-4-14(23)11-13/h2-12H,1H3,(H,24,26,30). The lowest BCUT2D eigenvalue weighted by molar-refractivity contribution is -0.122. The van der Waals surface area contributed by atoms with E-state index in [0.717, 1.165) is 5.56 Å². The molecule has 0 atom stereocenters. The van der Waals surface area contributed by atoms with Crippen molar-refractivity contribution < 1.29 is 18.7 Å². The van der Waals surface area contributed by atoms with Gasteiger partial charge in [-0.15, -0.1) is 0 Å². The first-order chi connectivity index (χ1) is 14.5. The van der Waals surface area contributed by atoms with Crippen LogP contribution >= 0.6 is 23.8 Å². The lowest BCUT2D eigenvalue weighted by atomic mass is 10.1. The molecule has 3 aromatic rings. The van der Waals surface area contributed by atoms with Crippen molar-refractivity contribution in [1.29, 1.82) is 0 Å². The highest BCUT2D eigenvalue weighted by molar-refractivity contribution is 7.80. The number of amides is 2. The van der Waals surface area contributed by atoms with Crippen LogP contribution in [0.5, 0.6) is 5.75 Å². The van der Waals surface area contributed by atoms with Gasteiger partial charge in [-0.1, -0.05) is 23.7 Å². The highest BCUT2D eigenvalue weighted by Crippen LogP contribution is 2.28. The molecular formula is C22H15ClN2O4S. The minimum absolute atomic E-state index is 0.00591. The highest BCUT2D eigenvalue weighted by atomic mass is 35.5. The summed E-state index contributed by atoms with van der Waals surface area (Å²) in [4.78, 5) is 26.7. The van der Waals surface area contributed by atoms with E-state index < -0.39 is 11.8 Å². The van der Waals surface area contributed by atoms with Gasteiger partial charge in [-0.05, 0) is 66.8 Å². The maximum absolute atomic E-state index is 13.0. The molecule has 4 rings (SSSR count). The fraction of sp³-hybridized carbons (Fsp3) is 0.0455. The molecule has 0 saturated carbocycles. The van der Waals surface area contributed by atoms with Gasteiger partial charge in [0, 0.05) is 10.6 Å². The van der Waals surface area contributed by atoms with Gasteiger partial charge in [-0.3, -0.25) is 19.8 Å². The second-order valence-electron chi connectivity index (χ2n) is 6.37. The second kappa shape index (κ2) is 8.14. The molecule has 1 N–H and O–H groups in total. The Labute approximate surface area is 182 Å². The average Bonchev–Trinajstić information content (AvgIpc) is 3.20. The summed E-state index contributed by atoms with van der Waals surface area (Å²) in [7, 11) is 1.55. The van der Waals surface area contributed by atoms with Crippen molar-refractivity contribution in [3.63, 3.8) is 0 Å². The molecule has 0 bridgehead atoms. The Morgan fingerprint density at radius 3 is 2.57 bits per heavy atom. The monoisotopic (exact) mass is 438 g/mol. The highest BCUT2D eigenvalue weighted by Gasteiger charge is 2.34. The molecule has 2 heterocycles. The van der Waals surface area contributed by atoms with E-state index in [0.29, 0.717) is 28.0 Å². The molecule has 1 aliphatic heterocycles. The number of nitrogens with one attached hydrogen (secondary N) is 1. The SMILES string of the molecule is COc1ccc(N2C(=O)C(=Cc3ccc(-c4cccc(Cl)c4)o3)C(=O)NC2=S)cc1. The first kappa shape index (κ1) is 19.9. The zero-order valence-corrected chi connectivity index (χ0v) is 17.3. The molecule has 0 spiro atoms. The van der Waals surface area contributed by atoms with E-state index in [4.69, 9.17) is 33.0 Å². The number of halogens is 1. The van der Waals surface area contributed by atoms with E-state index in [1.165, 1.54) is 11.0 Å². The number of benzene rings is 2. The van der Waals surface area contributed by atoms with Crippen molar-refractivity contribution in [2.75, 3.05) is 12.0 Å². The number of methoxy groups -OCH3 is 1. The Morgan fingerprint density at radius 2 is 1.87 bits per heavy atom. The first-order valence-corrected chi connectivity index (χ1v) is 9.66. The van der Waals surface area contributed by atoms with E-state index in [2.05, 4.69) is 5.32 Å². The molecule has 1 fully saturated rings. The van der Waals surface area contributed by atoms with Crippen molar-refractivity contribution in [3.05, 3.63) is 77.0 Å². The van der Waals surface area contributed by atoms with Gasteiger partial charge in [0.15, 0.2) is 5.11 Å². The molecule has 0 radical (unpaired) electrons. The third-order valence-corrected chi connectivity index (χ3v) is 4.97. The smallest absolute Gasteiger partial charge is 0.270 e. The minimum atomic E-state index is -0.588. The van der Waals surface area contributed by atoms with Crippen molar-refractivity contribution in [2.45, 2.75) is 0 Å². The molecule has 0 aliphatic carbocycles. The summed E-state index contributed by atoms with van der Waals surface area (Å²) in [5.41, 5.74) is 1.20. The average molecular weight is 439 g/mol. The summed E-state index contributed by atoms with van der Waals surface area (Å²) in [6, 6.07) is 17.4. The van der Waals surface area contributed by atoms with Crippen molar-refractivity contribution >= 4 is 52.5 Å². The number of rotatable bonds is 4. The second-order valence-corrected chi connectivity index (χ2v) is 7.19. The number of carbonyl (C=O) groups excluding carboxylic acids is 2. The zero-order valence-electron chi connectivity index (χ0n) is 15.7. The van der Waals surface area contributed by atoms with Crippen LogP contribution in [0, 0.1) is 0 Å². The predicted molar refractivity (Wildman–Crippen MR) is 118 cm³/mol. The van der Waals surface area contributed by atoms with Crippen LogP contribution in [0.4, 0.5) is 5.69 Å². The molecule has 6 nitrogen and oxygen atoms in total. The van der Waals surface area contributed by atoms with Crippen LogP contribution in [0.3, 0.4) is 0 Å². The fourth-order valence-electron chi connectivity index (χ4n) is 2.99. The molecule has 2 aromatic carbocycles. The summed E-state index contributed by atoms with van der Waals surface area (Å²) < 4.78 is 10.9. The van der Waals surface area contributed by atoms with Crippen LogP contribution in [-0.2, 0) is 9.59 Å². The number of furan rings is 1. The van der Waals surface area contributed by atoms with E-state index in [-0.39, 0.29) is 10.7 Å². The molecule has 2 amide bonds. The van der Waals surface area contributed by atoms with Crippen molar-refractivity contribution in [2.24, 2.45) is 0 Å². The Bertz CT molecular complexity index is 1180. The van der Waals surface area contributed by atoms with Crippen LogP contribution < -0.4 is 15.0 Å². The Balaban J connectivity index is 1.66. The van der Waals surface area contributed by atoms with Gasteiger partial charge in [0.05, 0.1) is 12.8 Å². The van der Waals surface area contributed by atoms with Crippen LogP contribution in [0.1, 0.15) is 5.76 Å². The van der Waals surface area contributed by atoms with Crippen molar-refractivity contribution in [3.8, 4) is 17.1 Å². The quantitative estimate of drug-likeness (QED) is 0.370. The molecule has 150 valence electrons. The number of ether oxygens (including phenoxy) is 1. The summed E-state index contributed by atoms with van der Waals surface area (Å²) >= 11 is 11.2. The molecule has 30 heavy (non-hydrogen) atoms. The lowest BCUT2D eigenvalue weighted by Crippen LogP contribution is -2.54. The number of thiocarbonyl (C=S) groups is 1. The predicted octanol–water partition coefficient (Wildman–Crippen LogP) is 4.44. The maximum Gasteiger partial charge on any atom is 0.270 e. The van der Waals surface area contributed by atoms with Gasteiger partial charge in [-0.25, -0.2) is 0 Å². The molecule has 1 aliphatic rings. The zero-order chi connectivity index (χ0) is 21.3. The molecule has 0 unspecified atom stereocenters. The Hall–Kier alpha value is -3.42. The third kappa shape index (κ3) is 3.85. The minimum Gasteiger partial charge on any atom is -0.497 e. The van der Waals surface area contributed by atoms with E-state index in [1.807, 2.05) is 12.1 Å². The summed E-state index contributed by atoms with van der Waals surface area (Å²) in [5.74, 6) is 0.421. The Morgan fingerprint density at radius 1 is 1.10 bits per heavy atom. The van der Waals surface area contributed by atoms with Gasteiger partial charge >= 0.3 is 0 Å². The van der Waals surface area contributed by atoms with Gasteiger partial charge in [0.25, 0.3) is 11.8 Å². The maximum atomic E-state index is 13.0. The fourth-order valence-corrected chi connectivity index (χ4v) is 3.46. The largest absolute Gasteiger partial charge is 0.497 e. The van der Waals surface area contributed by atoms with Crippen LogP contribution in [0.2, 0.25) is 5.02 Å². The van der Waals surface area contributed by atoms with Crippen LogP contribution in [0.15, 0.2) is 70.7 Å². The normalized spacial score (nSPS) is 15.5. The van der Waals surface area contributed by atoms with Gasteiger partial charge in [0.1, 0.15) is 22.8 Å². The van der Waals surface area contributed by atoms with Gasteiger partial charge in [-0.2, -0.15) is 0 Å². The van der Waals surface area contributed by atoms with Gasteiger partial charge in [0.2, 0.25) is 0 Å². The van der Waals surface area contributed by atoms with Crippen molar-refractivity contribution in [1.82, 2.24) is 5.32 Å². The Kier molecular flexibility index (Phi) is 5.39. The lowest BCUT2D eigenvalue weighted by Gasteiger charge is -2.28. The number of carbonyl (C=O) groups is 2. The van der Waals surface area contributed by atoms with E-state index in [9.17, 15) is 9.59 Å². The molecule has 1 saturated heterocycles. The molecular weight excluding hydrogens is 424 g/mol. The third-order valence-electron chi connectivity index (χ3n) is 4.45. The summed E-state index contributed by atoms with van der Waals surface area (Å²) in [5, 5.41) is 3.13. The summed E-state index contributed by atoms with van der Waals surface area (Å²) in [6.07, 6.45) is 1.39. The number of hydrogen-bond donors (Lipinski definition) is 1. The topological polar surface area (TPSA) is 71.8 Å². The number of anilines is 1. The van der Waals surface area contributed by atoms with E-state index >= 15 is 0 Å². The summed E-state index contributed by atoms with van der Waals surface area (Å²) in [6.45, 7) is 0. The number of hydrogen-bond acceptors (Lipinski definition) is 5. The van der Waals surface area contributed by atoms with Crippen LogP contribution in [0.25, 0.3) is 17.4 Å². The van der Waals surface area contributed by atoms with Crippen LogP contribution in [-0.4, -0.2) is 24.0 Å². The van der Waals surface area contributed by atoms with Gasteiger partial charge < -0.3 is 9.15 Å². The van der Waals surface area contributed by atoms with E-state index in [1.54, 1.807) is 55.6 Å². The molecule has 8 heteroatoms. The first-order valence-electron chi connectivity index (χ1n) is 8.87.